The summed E-state index contributed by atoms with van der Waals surface area (Å²) in [4.78, 5) is 24.3. The first-order valence-corrected chi connectivity index (χ1v) is 14.0. The number of thioether (sulfide) groups is 1. The van der Waals surface area contributed by atoms with Gasteiger partial charge in [-0.05, 0) is 73.7 Å². The number of nitro benzene ring substituents is 1. The Hall–Kier alpha value is -3.28. The number of aryl methyl sites for hydroxylation is 1. The van der Waals surface area contributed by atoms with E-state index < -0.39 is 27.4 Å². The number of hydrogen-bond acceptors (Lipinski definition) is 7. The van der Waals surface area contributed by atoms with Gasteiger partial charge in [-0.3, -0.25) is 19.2 Å². The van der Waals surface area contributed by atoms with E-state index in [1.165, 1.54) is 38.3 Å². The molecule has 0 radical (unpaired) electrons. The van der Waals surface area contributed by atoms with Crippen molar-refractivity contribution in [1.29, 1.82) is 0 Å². The third kappa shape index (κ3) is 7.61. The number of benzene rings is 3. The van der Waals surface area contributed by atoms with Gasteiger partial charge in [0.1, 0.15) is 12.3 Å². The lowest BCUT2D eigenvalue weighted by molar-refractivity contribution is -0.385. The molecule has 0 spiro atoms. The topological polar surface area (TPSA) is 119 Å². The molecule has 37 heavy (non-hydrogen) atoms. The summed E-state index contributed by atoms with van der Waals surface area (Å²) in [6, 6.07) is 17.3. The fourth-order valence-electron chi connectivity index (χ4n) is 3.34. The summed E-state index contributed by atoms with van der Waals surface area (Å²) in [6.07, 6.45) is 0.665. The van der Waals surface area contributed by atoms with Crippen LogP contribution in [-0.4, -0.2) is 45.2 Å². The van der Waals surface area contributed by atoms with Crippen molar-refractivity contribution in [3.63, 3.8) is 0 Å². The molecule has 3 rings (SSSR count). The standard InChI is InChI=1S/C25H26ClN3O6S2/c1-18-4-13-23(16-24(18)29(31)32)37(33,34)28(20-7-9-21(35-2)10-8-20)17-25(30)27-14-3-15-36-22-11-5-19(26)6-12-22/h4-13,16H,3,14-15,17H2,1-2H3,(H,27,30). The lowest BCUT2D eigenvalue weighted by Gasteiger charge is -2.24. The molecule has 0 fully saturated rings. The molecular formula is C25H26ClN3O6S2. The van der Waals surface area contributed by atoms with E-state index in [-0.39, 0.29) is 16.3 Å². The maximum atomic E-state index is 13.5. The lowest BCUT2D eigenvalue weighted by atomic mass is 10.2. The summed E-state index contributed by atoms with van der Waals surface area (Å²) >= 11 is 7.51. The first-order chi connectivity index (χ1) is 17.6. The van der Waals surface area contributed by atoms with Crippen LogP contribution in [0.5, 0.6) is 5.75 Å². The molecular weight excluding hydrogens is 538 g/mol. The first-order valence-electron chi connectivity index (χ1n) is 11.2. The van der Waals surface area contributed by atoms with Gasteiger partial charge >= 0.3 is 0 Å². The molecule has 0 heterocycles. The van der Waals surface area contributed by atoms with Crippen molar-refractivity contribution >= 4 is 50.7 Å². The Labute approximate surface area is 225 Å². The first kappa shape index (κ1) is 28.3. The molecule has 1 N–H and O–H groups in total. The van der Waals surface area contributed by atoms with Crippen LogP contribution in [0, 0.1) is 17.0 Å². The number of halogens is 1. The Balaban J connectivity index is 1.73. The molecule has 0 saturated carbocycles. The van der Waals surface area contributed by atoms with E-state index in [0.29, 0.717) is 29.3 Å². The van der Waals surface area contributed by atoms with Gasteiger partial charge in [0.2, 0.25) is 5.91 Å². The minimum Gasteiger partial charge on any atom is -0.497 e. The van der Waals surface area contributed by atoms with Crippen molar-refractivity contribution in [3.8, 4) is 5.75 Å². The third-order valence-corrected chi connectivity index (χ3v) is 8.46. The second-order valence-corrected chi connectivity index (χ2v) is 11.4. The SMILES string of the molecule is COc1ccc(N(CC(=O)NCCCSc2ccc(Cl)cc2)S(=O)(=O)c2ccc(C)c([N+](=O)[O-])c2)cc1. The minimum absolute atomic E-state index is 0.220. The smallest absolute Gasteiger partial charge is 0.273 e. The molecule has 0 aliphatic carbocycles. The number of nitrogens with one attached hydrogen (secondary N) is 1. The van der Waals surface area contributed by atoms with Crippen molar-refractivity contribution in [2.45, 2.75) is 23.1 Å². The highest BCUT2D eigenvalue weighted by atomic mass is 35.5. The molecule has 0 saturated heterocycles. The normalized spacial score (nSPS) is 11.1. The quantitative estimate of drug-likeness (QED) is 0.142. The van der Waals surface area contributed by atoms with Crippen LogP contribution in [0.1, 0.15) is 12.0 Å². The Bertz CT molecular complexity index is 1350. The number of anilines is 1. The van der Waals surface area contributed by atoms with Crippen LogP contribution in [0.2, 0.25) is 5.02 Å². The summed E-state index contributed by atoms with van der Waals surface area (Å²) in [5.41, 5.74) is 0.227. The van der Waals surface area contributed by atoms with Crippen molar-refractivity contribution in [1.82, 2.24) is 5.32 Å². The number of nitro groups is 1. The number of sulfonamides is 1. The van der Waals surface area contributed by atoms with E-state index in [0.717, 1.165) is 21.0 Å². The molecule has 0 aliphatic rings. The fourth-order valence-corrected chi connectivity index (χ4v) is 5.76. The summed E-state index contributed by atoms with van der Waals surface area (Å²) < 4.78 is 33.2. The van der Waals surface area contributed by atoms with Gasteiger partial charge < -0.3 is 10.1 Å². The van der Waals surface area contributed by atoms with E-state index >= 15 is 0 Å². The number of amides is 1. The summed E-state index contributed by atoms with van der Waals surface area (Å²) in [5.74, 6) is 0.752. The average Bonchev–Trinajstić information content (AvgIpc) is 2.88. The highest BCUT2D eigenvalue weighted by Crippen LogP contribution is 2.29. The number of rotatable bonds is 12. The molecule has 9 nitrogen and oxygen atoms in total. The Kier molecular flexibility index (Phi) is 9.79. The lowest BCUT2D eigenvalue weighted by Crippen LogP contribution is -2.41. The van der Waals surface area contributed by atoms with Gasteiger partial charge in [0.05, 0.1) is 22.6 Å². The largest absolute Gasteiger partial charge is 0.497 e. The molecule has 0 unspecified atom stereocenters. The summed E-state index contributed by atoms with van der Waals surface area (Å²) in [5, 5.41) is 14.8. The average molecular weight is 564 g/mol. The van der Waals surface area contributed by atoms with Crippen LogP contribution in [0.4, 0.5) is 11.4 Å². The van der Waals surface area contributed by atoms with Gasteiger partial charge in [0, 0.05) is 28.1 Å². The Morgan fingerprint density at radius 2 is 1.78 bits per heavy atom. The van der Waals surface area contributed by atoms with Gasteiger partial charge in [0.15, 0.2) is 0 Å². The Morgan fingerprint density at radius 1 is 1.11 bits per heavy atom. The molecule has 196 valence electrons. The van der Waals surface area contributed by atoms with Crippen LogP contribution >= 0.6 is 23.4 Å². The molecule has 0 aromatic heterocycles. The molecule has 12 heteroatoms. The van der Waals surface area contributed by atoms with Crippen molar-refractivity contribution in [3.05, 3.63) is 87.4 Å². The predicted octanol–water partition coefficient (Wildman–Crippen LogP) is 5.06. The minimum atomic E-state index is -4.30. The second kappa shape index (κ2) is 12.8. The highest BCUT2D eigenvalue weighted by Gasteiger charge is 2.29. The van der Waals surface area contributed by atoms with E-state index in [2.05, 4.69) is 5.32 Å². The predicted molar refractivity (Wildman–Crippen MR) is 145 cm³/mol. The van der Waals surface area contributed by atoms with Crippen LogP contribution in [0.25, 0.3) is 0 Å². The van der Waals surface area contributed by atoms with E-state index in [1.807, 2.05) is 24.3 Å². The van der Waals surface area contributed by atoms with Crippen LogP contribution in [-0.2, 0) is 14.8 Å². The molecule has 3 aromatic rings. The van der Waals surface area contributed by atoms with E-state index in [9.17, 15) is 23.3 Å². The van der Waals surface area contributed by atoms with Crippen LogP contribution < -0.4 is 14.4 Å². The fraction of sp³-hybridized carbons (Fsp3) is 0.240. The van der Waals surface area contributed by atoms with Crippen molar-refractivity contribution in [2.75, 3.05) is 30.3 Å². The molecule has 3 aromatic carbocycles. The third-order valence-electron chi connectivity index (χ3n) is 5.34. The highest BCUT2D eigenvalue weighted by molar-refractivity contribution is 7.99. The van der Waals surface area contributed by atoms with Gasteiger partial charge in [-0.2, -0.15) is 0 Å². The van der Waals surface area contributed by atoms with E-state index in [4.69, 9.17) is 16.3 Å². The number of carbonyl (C=O) groups is 1. The van der Waals surface area contributed by atoms with Crippen molar-refractivity contribution in [2.24, 2.45) is 0 Å². The molecule has 1 amide bonds. The Morgan fingerprint density at radius 3 is 2.41 bits per heavy atom. The zero-order chi connectivity index (χ0) is 27.0. The van der Waals surface area contributed by atoms with Gasteiger partial charge in [0.25, 0.3) is 15.7 Å². The van der Waals surface area contributed by atoms with Crippen LogP contribution in [0.15, 0.2) is 76.5 Å². The van der Waals surface area contributed by atoms with Crippen molar-refractivity contribution < 1.29 is 22.9 Å². The zero-order valence-corrected chi connectivity index (χ0v) is 22.6. The summed E-state index contributed by atoms with van der Waals surface area (Å²) in [6.45, 7) is 1.38. The molecule has 0 bridgehead atoms. The number of carbonyl (C=O) groups excluding carboxylic acids is 1. The van der Waals surface area contributed by atoms with Gasteiger partial charge in [-0.1, -0.05) is 17.7 Å². The summed E-state index contributed by atoms with van der Waals surface area (Å²) in [7, 11) is -2.82. The van der Waals surface area contributed by atoms with Gasteiger partial charge in [-0.15, -0.1) is 11.8 Å². The maximum Gasteiger partial charge on any atom is 0.273 e. The maximum absolute atomic E-state index is 13.5. The van der Waals surface area contributed by atoms with Crippen LogP contribution in [0.3, 0.4) is 0 Å². The van der Waals surface area contributed by atoms with E-state index in [1.54, 1.807) is 23.9 Å². The number of nitrogens with zero attached hydrogens (tertiary/aromatic N) is 2. The second-order valence-electron chi connectivity index (χ2n) is 7.92. The molecule has 0 aliphatic heterocycles. The zero-order valence-electron chi connectivity index (χ0n) is 20.2. The molecule has 0 atom stereocenters. The number of ether oxygens (including phenoxy) is 1. The monoisotopic (exact) mass is 563 g/mol. The van der Waals surface area contributed by atoms with Gasteiger partial charge in [-0.25, -0.2) is 8.42 Å². The number of hydrogen-bond donors (Lipinski definition) is 1. The number of methoxy groups -OCH3 is 1.